The summed E-state index contributed by atoms with van der Waals surface area (Å²) in [5.41, 5.74) is 1.83. The number of para-hydroxylation sites is 2. The lowest BCUT2D eigenvalue weighted by Crippen LogP contribution is -2.41. The molecule has 154 valence electrons. The number of hydrogen-bond donors (Lipinski definition) is 1. The first kappa shape index (κ1) is 19.8. The van der Waals surface area contributed by atoms with Gasteiger partial charge in [-0.1, -0.05) is 36.8 Å². The van der Waals surface area contributed by atoms with Crippen LogP contribution >= 0.6 is 0 Å². The lowest BCUT2D eigenvalue weighted by atomic mass is 9.96. The zero-order valence-electron chi connectivity index (χ0n) is 16.9. The minimum absolute atomic E-state index is 0.197. The standard InChI is InChI=1S/C23H24N4O3/c1-30-19-14-8-7-12-17(19)22(28)25-21-20(18-13-6-3-9-15-24-18)23(29)27(26-21)16-10-4-2-5-11-16/h2,4-5,7-8,10-12,14,20H,3,6,9,13,15H2,1H3,(H,25,26,28)/t20-/m0/s1. The first-order chi connectivity index (χ1) is 14.7. The normalized spacial score (nSPS) is 19.0. The zero-order valence-corrected chi connectivity index (χ0v) is 16.9. The van der Waals surface area contributed by atoms with E-state index in [2.05, 4.69) is 15.4 Å². The van der Waals surface area contributed by atoms with Gasteiger partial charge < -0.3 is 10.1 Å². The molecule has 7 nitrogen and oxygen atoms in total. The molecule has 0 saturated heterocycles. The summed E-state index contributed by atoms with van der Waals surface area (Å²) in [6.07, 6.45) is 3.79. The summed E-state index contributed by atoms with van der Waals surface area (Å²) in [5.74, 6) is -0.476. The molecule has 0 aromatic heterocycles. The highest BCUT2D eigenvalue weighted by Gasteiger charge is 2.41. The fraction of sp³-hybridized carbons (Fsp3) is 0.304. The van der Waals surface area contributed by atoms with Gasteiger partial charge in [0.25, 0.3) is 11.8 Å². The number of carbonyl (C=O) groups is 2. The van der Waals surface area contributed by atoms with Gasteiger partial charge in [0.1, 0.15) is 17.5 Å². The van der Waals surface area contributed by atoms with Crippen LogP contribution in [0.4, 0.5) is 5.69 Å². The van der Waals surface area contributed by atoms with E-state index in [1.165, 1.54) is 12.1 Å². The van der Waals surface area contributed by atoms with Gasteiger partial charge in [0.05, 0.1) is 18.4 Å². The number of anilines is 1. The second-order valence-electron chi connectivity index (χ2n) is 7.24. The van der Waals surface area contributed by atoms with Crippen LogP contribution in [0.25, 0.3) is 0 Å². The van der Waals surface area contributed by atoms with Gasteiger partial charge in [-0.15, -0.1) is 0 Å². The Morgan fingerprint density at radius 2 is 1.83 bits per heavy atom. The summed E-state index contributed by atoms with van der Waals surface area (Å²) >= 11 is 0. The van der Waals surface area contributed by atoms with Gasteiger partial charge in [0.2, 0.25) is 0 Å². The molecule has 2 aliphatic rings. The predicted octanol–water partition coefficient (Wildman–Crippen LogP) is 3.42. The summed E-state index contributed by atoms with van der Waals surface area (Å²) in [7, 11) is 1.52. The van der Waals surface area contributed by atoms with Crippen molar-refractivity contribution >= 4 is 29.0 Å². The molecule has 0 spiro atoms. The summed E-state index contributed by atoms with van der Waals surface area (Å²) in [6, 6.07) is 16.2. The van der Waals surface area contributed by atoms with Crippen molar-refractivity contribution in [1.82, 2.24) is 5.32 Å². The summed E-state index contributed by atoms with van der Waals surface area (Å²) in [6.45, 7) is 0.693. The number of hydrazone groups is 1. The quantitative estimate of drug-likeness (QED) is 0.848. The number of carbonyl (C=O) groups excluding carboxylic acids is 2. The zero-order chi connectivity index (χ0) is 20.9. The molecule has 2 heterocycles. The average molecular weight is 404 g/mol. The number of amidine groups is 1. The number of amides is 2. The van der Waals surface area contributed by atoms with Crippen LogP contribution < -0.4 is 15.1 Å². The Morgan fingerprint density at radius 3 is 2.63 bits per heavy atom. The first-order valence-corrected chi connectivity index (χ1v) is 10.1. The van der Waals surface area contributed by atoms with Gasteiger partial charge in [0, 0.05) is 12.3 Å². The molecular weight excluding hydrogens is 380 g/mol. The molecule has 0 radical (unpaired) electrons. The summed E-state index contributed by atoms with van der Waals surface area (Å²) in [5, 5.41) is 8.71. The van der Waals surface area contributed by atoms with Crippen LogP contribution in [0.5, 0.6) is 5.75 Å². The monoisotopic (exact) mass is 404 g/mol. The highest BCUT2D eigenvalue weighted by atomic mass is 16.5. The SMILES string of the molecule is COc1ccccc1C(=O)NC1=NN(c2ccccc2)C(=O)[C@H]1C1=NCCCCC1. The van der Waals surface area contributed by atoms with Crippen molar-refractivity contribution in [1.29, 1.82) is 0 Å². The fourth-order valence-corrected chi connectivity index (χ4v) is 3.75. The molecule has 2 aliphatic heterocycles. The third kappa shape index (κ3) is 3.96. The van der Waals surface area contributed by atoms with Crippen LogP contribution in [0.1, 0.15) is 36.0 Å². The highest BCUT2D eigenvalue weighted by Crippen LogP contribution is 2.27. The van der Waals surface area contributed by atoms with Crippen LogP contribution in [0, 0.1) is 5.92 Å². The Kier molecular flexibility index (Phi) is 5.88. The molecular formula is C23H24N4O3. The van der Waals surface area contributed by atoms with Gasteiger partial charge in [-0.3, -0.25) is 14.6 Å². The molecule has 2 aromatic rings. The number of hydrogen-bond acceptors (Lipinski definition) is 5. The lowest BCUT2D eigenvalue weighted by molar-refractivity contribution is -0.118. The number of rotatable bonds is 4. The maximum absolute atomic E-state index is 13.3. The Morgan fingerprint density at radius 1 is 1.07 bits per heavy atom. The Labute approximate surface area is 175 Å². The third-order valence-electron chi connectivity index (χ3n) is 5.27. The van der Waals surface area contributed by atoms with E-state index in [0.717, 1.165) is 31.4 Å². The largest absolute Gasteiger partial charge is 0.496 e. The second-order valence-corrected chi connectivity index (χ2v) is 7.24. The predicted molar refractivity (Wildman–Crippen MR) is 116 cm³/mol. The lowest BCUT2D eigenvalue weighted by Gasteiger charge is -2.16. The molecule has 0 bridgehead atoms. The summed E-state index contributed by atoms with van der Waals surface area (Å²) in [4.78, 5) is 31.0. The van der Waals surface area contributed by atoms with Crippen LogP contribution in [0.15, 0.2) is 64.7 Å². The van der Waals surface area contributed by atoms with E-state index in [0.29, 0.717) is 29.4 Å². The average Bonchev–Trinajstić information content (AvgIpc) is 2.95. The van der Waals surface area contributed by atoms with Crippen molar-refractivity contribution < 1.29 is 14.3 Å². The molecule has 0 saturated carbocycles. The Bertz CT molecular complexity index is 1000. The highest BCUT2D eigenvalue weighted by molar-refractivity contribution is 6.30. The van der Waals surface area contributed by atoms with E-state index < -0.39 is 5.92 Å². The fourth-order valence-electron chi connectivity index (χ4n) is 3.75. The number of nitrogens with one attached hydrogen (secondary N) is 1. The van der Waals surface area contributed by atoms with E-state index in [1.54, 1.807) is 24.3 Å². The topological polar surface area (TPSA) is 83.4 Å². The molecule has 7 heteroatoms. The minimum atomic E-state index is -0.679. The molecule has 0 fully saturated rings. The van der Waals surface area contributed by atoms with E-state index in [4.69, 9.17) is 4.74 Å². The van der Waals surface area contributed by atoms with Crippen LogP contribution in [-0.4, -0.2) is 37.0 Å². The van der Waals surface area contributed by atoms with Crippen molar-refractivity contribution in [3.8, 4) is 5.75 Å². The van der Waals surface area contributed by atoms with Crippen molar-refractivity contribution in [2.24, 2.45) is 16.0 Å². The maximum atomic E-state index is 13.3. The minimum Gasteiger partial charge on any atom is -0.496 e. The summed E-state index contributed by atoms with van der Waals surface area (Å²) < 4.78 is 5.30. The van der Waals surface area contributed by atoms with Gasteiger partial charge >= 0.3 is 0 Å². The van der Waals surface area contributed by atoms with Crippen molar-refractivity contribution in [2.75, 3.05) is 18.7 Å². The molecule has 0 unspecified atom stereocenters. The van der Waals surface area contributed by atoms with E-state index in [1.807, 2.05) is 30.3 Å². The molecule has 1 atom stereocenters. The number of methoxy groups -OCH3 is 1. The smallest absolute Gasteiger partial charge is 0.263 e. The number of benzene rings is 2. The van der Waals surface area contributed by atoms with Crippen molar-refractivity contribution in [2.45, 2.75) is 25.7 Å². The van der Waals surface area contributed by atoms with Crippen LogP contribution in [0.3, 0.4) is 0 Å². The second kappa shape index (κ2) is 8.90. The molecule has 30 heavy (non-hydrogen) atoms. The molecule has 4 rings (SSSR count). The molecule has 2 amide bonds. The first-order valence-electron chi connectivity index (χ1n) is 10.1. The van der Waals surface area contributed by atoms with Crippen LogP contribution in [0.2, 0.25) is 0 Å². The number of ether oxygens (including phenoxy) is 1. The van der Waals surface area contributed by atoms with Crippen molar-refractivity contribution in [3.63, 3.8) is 0 Å². The van der Waals surface area contributed by atoms with Crippen LogP contribution in [-0.2, 0) is 4.79 Å². The molecule has 1 N–H and O–H groups in total. The Hall–Kier alpha value is -3.48. The van der Waals surface area contributed by atoms with E-state index in [-0.39, 0.29) is 11.8 Å². The number of nitrogens with zero attached hydrogens (tertiary/aromatic N) is 3. The van der Waals surface area contributed by atoms with Gasteiger partial charge in [-0.05, 0) is 43.5 Å². The molecule has 2 aromatic carbocycles. The maximum Gasteiger partial charge on any atom is 0.263 e. The van der Waals surface area contributed by atoms with Gasteiger partial charge in [0.15, 0.2) is 0 Å². The van der Waals surface area contributed by atoms with Gasteiger partial charge in [-0.2, -0.15) is 10.1 Å². The molecule has 0 aliphatic carbocycles. The van der Waals surface area contributed by atoms with Gasteiger partial charge in [-0.25, -0.2) is 0 Å². The van der Waals surface area contributed by atoms with E-state index in [9.17, 15) is 9.59 Å². The van der Waals surface area contributed by atoms with E-state index >= 15 is 0 Å². The number of aliphatic imine (C=N–C) groups is 1. The third-order valence-corrected chi connectivity index (χ3v) is 5.27. The Balaban J connectivity index is 1.68. The van der Waals surface area contributed by atoms with Crippen molar-refractivity contribution in [3.05, 3.63) is 60.2 Å².